The average Bonchev–Trinajstić information content (AvgIpc) is 2.41. The molecule has 0 saturated heterocycles. The Hall–Kier alpha value is -2.64. The summed E-state index contributed by atoms with van der Waals surface area (Å²) in [4.78, 5) is 13.5. The fraction of sp³-hybridized carbons (Fsp3) is 0. The third-order valence-electron chi connectivity index (χ3n) is 2.32. The number of halogens is 4. The molecule has 0 aliphatic carbocycles. The molecule has 0 atom stereocenters. The van der Waals surface area contributed by atoms with Crippen LogP contribution in [0.15, 0.2) is 24.3 Å². The first-order valence-corrected chi connectivity index (χ1v) is 5.18. The molecular formula is C12H6F4N2O2. The van der Waals surface area contributed by atoms with Crippen molar-refractivity contribution in [2.24, 2.45) is 5.73 Å². The number of amides is 1. The van der Waals surface area contributed by atoms with Gasteiger partial charge in [0, 0.05) is 0 Å². The molecule has 8 heteroatoms. The number of nitrogens with two attached hydrogens (primary N) is 1. The van der Waals surface area contributed by atoms with Gasteiger partial charge in [-0.05, 0) is 12.1 Å². The van der Waals surface area contributed by atoms with Crippen LogP contribution in [0.5, 0.6) is 11.5 Å². The Bertz CT molecular complexity index is 665. The summed E-state index contributed by atoms with van der Waals surface area (Å²) in [5.74, 6) is -9.99. The minimum Gasteiger partial charge on any atom is -0.450 e. The Morgan fingerprint density at radius 1 is 1.05 bits per heavy atom. The van der Waals surface area contributed by atoms with Crippen molar-refractivity contribution in [1.29, 1.82) is 0 Å². The number of aromatic nitrogens is 1. The molecule has 0 spiro atoms. The molecule has 0 aliphatic heterocycles. The van der Waals surface area contributed by atoms with Crippen LogP contribution in [-0.2, 0) is 0 Å². The second-order valence-corrected chi connectivity index (χ2v) is 3.61. The van der Waals surface area contributed by atoms with Crippen LogP contribution in [0, 0.1) is 23.5 Å². The van der Waals surface area contributed by atoms with Crippen molar-refractivity contribution in [2.75, 3.05) is 0 Å². The molecule has 1 amide bonds. The van der Waals surface area contributed by atoms with E-state index < -0.39 is 35.2 Å². The van der Waals surface area contributed by atoms with Gasteiger partial charge in [-0.2, -0.15) is 22.5 Å². The molecule has 2 N–H and O–H groups in total. The van der Waals surface area contributed by atoms with E-state index in [1.54, 1.807) is 0 Å². The first kappa shape index (κ1) is 13.8. The van der Waals surface area contributed by atoms with Gasteiger partial charge in [0.15, 0.2) is 0 Å². The molecule has 0 radical (unpaired) electrons. The lowest BCUT2D eigenvalue weighted by Crippen LogP contribution is -2.12. The van der Waals surface area contributed by atoms with Crippen molar-refractivity contribution >= 4 is 5.91 Å². The van der Waals surface area contributed by atoms with E-state index in [1.807, 2.05) is 0 Å². The number of hydrogen-bond acceptors (Lipinski definition) is 3. The molecular weight excluding hydrogens is 280 g/mol. The Labute approximate surface area is 109 Å². The van der Waals surface area contributed by atoms with Crippen LogP contribution in [0.2, 0.25) is 0 Å². The molecule has 0 saturated carbocycles. The van der Waals surface area contributed by atoms with Crippen molar-refractivity contribution in [1.82, 2.24) is 4.98 Å². The first-order valence-electron chi connectivity index (χ1n) is 5.18. The van der Waals surface area contributed by atoms with Crippen molar-refractivity contribution in [2.45, 2.75) is 0 Å². The van der Waals surface area contributed by atoms with E-state index >= 15 is 0 Å². The summed E-state index contributed by atoms with van der Waals surface area (Å²) >= 11 is 0. The Balaban J connectivity index is 2.54. The first-order chi connectivity index (χ1) is 9.41. The topological polar surface area (TPSA) is 65.2 Å². The quantitative estimate of drug-likeness (QED) is 0.696. The van der Waals surface area contributed by atoms with Crippen LogP contribution in [0.4, 0.5) is 17.6 Å². The highest BCUT2D eigenvalue weighted by Crippen LogP contribution is 2.31. The van der Waals surface area contributed by atoms with Gasteiger partial charge in [0.1, 0.15) is 5.75 Å². The third kappa shape index (κ3) is 2.40. The molecule has 1 aromatic heterocycles. The molecule has 1 aromatic carbocycles. The lowest BCUT2D eigenvalue weighted by atomic mass is 10.2. The minimum absolute atomic E-state index is 0.205. The number of ether oxygens (including phenoxy) is 1. The van der Waals surface area contributed by atoms with E-state index in [9.17, 15) is 22.4 Å². The van der Waals surface area contributed by atoms with E-state index in [0.29, 0.717) is 0 Å². The van der Waals surface area contributed by atoms with Gasteiger partial charge < -0.3 is 10.5 Å². The summed E-state index contributed by atoms with van der Waals surface area (Å²) in [7, 11) is 0. The van der Waals surface area contributed by atoms with E-state index in [0.717, 1.165) is 6.07 Å². The number of rotatable bonds is 3. The van der Waals surface area contributed by atoms with E-state index in [1.165, 1.54) is 18.2 Å². The maximum atomic E-state index is 13.4. The van der Waals surface area contributed by atoms with Gasteiger partial charge in [-0.3, -0.25) is 4.79 Å². The molecule has 0 fully saturated rings. The zero-order valence-electron chi connectivity index (χ0n) is 9.66. The van der Waals surface area contributed by atoms with Crippen molar-refractivity contribution in [3.05, 3.63) is 53.4 Å². The van der Waals surface area contributed by atoms with E-state index in [4.69, 9.17) is 10.5 Å². The average molecular weight is 286 g/mol. The molecule has 0 bridgehead atoms. The Kier molecular flexibility index (Phi) is 3.55. The molecule has 2 rings (SSSR count). The summed E-state index contributed by atoms with van der Waals surface area (Å²) in [5, 5.41) is 0. The van der Waals surface area contributed by atoms with Gasteiger partial charge in [-0.15, -0.1) is 0 Å². The molecule has 2 aromatic rings. The molecule has 4 nitrogen and oxygen atoms in total. The summed E-state index contributed by atoms with van der Waals surface area (Å²) in [6, 6.07) is 5.19. The van der Waals surface area contributed by atoms with Gasteiger partial charge in [-0.25, -0.2) is 0 Å². The van der Waals surface area contributed by atoms with Crippen LogP contribution in [-0.4, -0.2) is 10.9 Å². The second-order valence-electron chi connectivity index (χ2n) is 3.61. The van der Waals surface area contributed by atoms with Crippen molar-refractivity contribution in [3.8, 4) is 11.5 Å². The van der Waals surface area contributed by atoms with Gasteiger partial charge in [0.2, 0.25) is 17.4 Å². The number of carbonyl (C=O) groups is 1. The fourth-order valence-electron chi connectivity index (χ4n) is 1.43. The van der Waals surface area contributed by atoms with Crippen LogP contribution >= 0.6 is 0 Å². The van der Waals surface area contributed by atoms with Crippen LogP contribution < -0.4 is 10.5 Å². The summed E-state index contributed by atoms with van der Waals surface area (Å²) < 4.78 is 57.3. The predicted octanol–water partition coefficient (Wildman–Crippen LogP) is 2.53. The molecule has 20 heavy (non-hydrogen) atoms. The summed E-state index contributed by atoms with van der Waals surface area (Å²) in [6.45, 7) is 0. The van der Waals surface area contributed by atoms with Gasteiger partial charge in [0.25, 0.3) is 17.8 Å². The van der Waals surface area contributed by atoms with Gasteiger partial charge in [-0.1, -0.05) is 12.1 Å². The summed E-state index contributed by atoms with van der Waals surface area (Å²) in [6.07, 6.45) is 0. The molecule has 104 valence electrons. The number of pyridine rings is 1. The van der Waals surface area contributed by atoms with Gasteiger partial charge >= 0.3 is 0 Å². The van der Waals surface area contributed by atoms with E-state index in [2.05, 4.69) is 4.98 Å². The summed E-state index contributed by atoms with van der Waals surface area (Å²) in [5.41, 5.74) is 4.83. The second kappa shape index (κ2) is 5.16. The number of hydrogen-bond donors (Lipinski definition) is 1. The van der Waals surface area contributed by atoms with Crippen LogP contribution in [0.25, 0.3) is 0 Å². The molecule has 0 aliphatic rings. The van der Waals surface area contributed by atoms with Gasteiger partial charge in [0.05, 0.1) is 5.56 Å². The normalized spacial score (nSPS) is 10.4. The number of para-hydroxylation sites is 1. The maximum absolute atomic E-state index is 13.4. The van der Waals surface area contributed by atoms with Crippen LogP contribution in [0.1, 0.15) is 10.4 Å². The third-order valence-corrected chi connectivity index (χ3v) is 2.32. The SMILES string of the molecule is NC(=O)c1ccccc1Oc1c(F)c(F)nc(F)c1F. The smallest absolute Gasteiger partial charge is 0.255 e. The minimum atomic E-state index is -1.87. The number of carbonyl (C=O) groups excluding carboxylic acids is 1. The Morgan fingerprint density at radius 3 is 2.15 bits per heavy atom. The van der Waals surface area contributed by atoms with Crippen molar-refractivity contribution in [3.63, 3.8) is 0 Å². The zero-order chi connectivity index (χ0) is 14.9. The number of nitrogens with zero attached hydrogens (tertiary/aromatic N) is 1. The van der Waals surface area contributed by atoms with Crippen molar-refractivity contribution < 1.29 is 27.1 Å². The standard InChI is InChI=1S/C12H6F4N2O2/c13-7-9(8(14)11(16)18-10(7)15)20-6-4-2-1-3-5(6)12(17)19/h1-4H,(H2,17,19). The Morgan fingerprint density at radius 2 is 1.60 bits per heavy atom. The lowest BCUT2D eigenvalue weighted by Gasteiger charge is -2.10. The zero-order valence-corrected chi connectivity index (χ0v) is 9.66. The number of benzene rings is 1. The fourth-order valence-corrected chi connectivity index (χ4v) is 1.43. The lowest BCUT2D eigenvalue weighted by molar-refractivity contribution is 0.0998. The predicted molar refractivity (Wildman–Crippen MR) is 59.1 cm³/mol. The molecule has 1 heterocycles. The maximum Gasteiger partial charge on any atom is 0.255 e. The number of primary amides is 1. The highest BCUT2D eigenvalue weighted by molar-refractivity contribution is 5.95. The molecule has 0 unspecified atom stereocenters. The highest BCUT2D eigenvalue weighted by Gasteiger charge is 2.24. The van der Waals surface area contributed by atoms with E-state index in [-0.39, 0.29) is 11.3 Å². The largest absolute Gasteiger partial charge is 0.450 e. The van der Waals surface area contributed by atoms with Crippen LogP contribution in [0.3, 0.4) is 0 Å². The monoisotopic (exact) mass is 286 g/mol. The highest BCUT2D eigenvalue weighted by atomic mass is 19.2.